The molecule has 5 heteroatoms. The van der Waals surface area contributed by atoms with Gasteiger partial charge >= 0.3 is 0 Å². The van der Waals surface area contributed by atoms with Gasteiger partial charge in [-0.1, -0.05) is 29.5 Å². The van der Waals surface area contributed by atoms with Crippen molar-refractivity contribution in [2.75, 3.05) is 6.54 Å². The summed E-state index contributed by atoms with van der Waals surface area (Å²) in [6, 6.07) is 8.78. The normalized spacial score (nSPS) is 9.70. The number of thiophene rings is 1. The maximum absolute atomic E-state index is 12.0. The van der Waals surface area contributed by atoms with Gasteiger partial charge in [-0.05, 0) is 29.6 Å². The van der Waals surface area contributed by atoms with Gasteiger partial charge in [-0.2, -0.15) is 0 Å². The summed E-state index contributed by atoms with van der Waals surface area (Å²) in [4.78, 5) is 13.0. The van der Waals surface area contributed by atoms with Gasteiger partial charge in [-0.25, -0.2) is 0 Å². The van der Waals surface area contributed by atoms with Gasteiger partial charge in [0.25, 0.3) is 5.91 Å². The average molecular weight is 305 g/mol. The molecule has 1 aromatic carbocycles. The van der Waals surface area contributed by atoms with Crippen molar-refractivity contribution in [1.82, 2.24) is 5.32 Å². The standard InChI is InChI=1S/C15H13ClN2OS/c16-13-5-1-3-12(9-13)15(19)18-10-14-11(4-2-7-17)6-8-20-14/h1,3,5-6,8-9H,7,10,17H2,(H,18,19). The smallest absolute Gasteiger partial charge is 0.251 e. The highest BCUT2D eigenvalue weighted by Gasteiger charge is 2.07. The van der Waals surface area contributed by atoms with Crippen LogP contribution in [0.2, 0.25) is 5.02 Å². The van der Waals surface area contributed by atoms with Crippen LogP contribution in [0.3, 0.4) is 0 Å². The van der Waals surface area contributed by atoms with E-state index >= 15 is 0 Å². The lowest BCUT2D eigenvalue weighted by atomic mass is 10.2. The van der Waals surface area contributed by atoms with E-state index in [2.05, 4.69) is 17.2 Å². The number of nitrogens with two attached hydrogens (primary N) is 1. The van der Waals surface area contributed by atoms with Crippen molar-refractivity contribution in [2.45, 2.75) is 6.54 Å². The van der Waals surface area contributed by atoms with Crippen molar-refractivity contribution >= 4 is 28.8 Å². The second-order valence-corrected chi connectivity index (χ2v) is 5.39. The minimum atomic E-state index is -0.154. The number of benzene rings is 1. The van der Waals surface area contributed by atoms with Gasteiger partial charge in [0.05, 0.1) is 13.1 Å². The highest BCUT2D eigenvalue weighted by Crippen LogP contribution is 2.16. The molecule has 0 fully saturated rings. The van der Waals surface area contributed by atoms with Crippen LogP contribution in [0.1, 0.15) is 20.8 Å². The SMILES string of the molecule is NCC#Cc1ccsc1CNC(=O)c1cccc(Cl)c1. The van der Waals surface area contributed by atoms with E-state index < -0.39 is 0 Å². The first-order chi connectivity index (χ1) is 9.70. The van der Waals surface area contributed by atoms with Gasteiger partial charge in [-0.3, -0.25) is 4.79 Å². The van der Waals surface area contributed by atoms with Crippen molar-refractivity contribution in [1.29, 1.82) is 0 Å². The fraction of sp³-hybridized carbons (Fsp3) is 0.133. The third-order valence-corrected chi connectivity index (χ3v) is 3.72. The van der Waals surface area contributed by atoms with E-state index in [0.29, 0.717) is 23.7 Å². The van der Waals surface area contributed by atoms with Crippen LogP contribution in [-0.2, 0) is 6.54 Å². The number of amides is 1. The van der Waals surface area contributed by atoms with Gasteiger partial charge in [0.1, 0.15) is 0 Å². The number of carbonyl (C=O) groups excluding carboxylic acids is 1. The van der Waals surface area contributed by atoms with E-state index in [4.69, 9.17) is 17.3 Å². The van der Waals surface area contributed by atoms with Gasteiger partial charge < -0.3 is 11.1 Å². The van der Waals surface area contributed by atoms with Crippen LogP contribution in [0.15, 0.2) is 35.7 Å². The molecule has 3 N–H and O–H groups in total. The zero-order chi connectivity index (χ0) is 14.4. The Kier molecular flexibility index (Phi) is 5.19. The van der Waals surface area contributed by atoms with Crippen LogP contribution in [0.5, 0.6) is 0 Å². The van der Waals surface area contributed by atoms with Crippen LogP contribution in [-0.4, -0.2) is 12.5 Å². The molecule has 1 heterocycles. The summed E-state index contributed by atoms with van der Waals surface area (Å²) in [5, 5.41) is 5.35. The van der Waals surface area contributed by atoms with Gasteiger partial charge in [0, 0.05) is 21.0 Å². The van der Waals surface area contributed by atoms with Crippen molar-refractivity contribution in [3.05, 3.63) is 56.7 Å². The van der Waals surface area contributed by atoms with E-state index in [9.17, 15) is 4.79 Å². The van der Waals surface area contributed by atoms with Crippen molar-refractivity contribution in [3.8, 4) is 11.8 Å². The Hall–Kier alpha value is -1.80. The maximum Gasteiger partial charge on any atom is 0.251 e. The Morgan fingerprint density at radius 3 is 3.00 bits per heavy atom. The summed E-state index contributed by atoms with van der Waals surface area (Å²) in [5.41, 5.74) is 6.81. The highest BCUT2D eigenvalue weighted by atomic mass is 35.5. The lowest BCUT2D eigenvalue weighted by molar-refractivity contribution is 0.0951. The predicted molar refractivity (Wildman–Crippen MR) is 82.9 cm³/mol. The van der Waals surface area contributed by atoms with Gasteiger partial charge in [-0.15, -0.1) is 11.3 Å². The molecule has 0 atom stereocenters. The van der Waals surface area contributed by atoms with Crippen molar-refractivity contribution in [2.24, 2.45) is 5.73 Å². The predicted octanol–water partition coefficient (Wildman–Crippen LogP) is 2.64. The Labute approximate surface area is 126 Å². The lowest BCUT2D eigenvalue weighted by Gasteiger charge is -2.04. The number of rotatable bonds is 3. The molecule has 0 saturated heterocycles. The van der Waals surface area contributed by atoms with E-state index in [1.807, 2.05) is 11.4 Å². The summed E-state index contributed by atoms with van der Waals surface area (Å²) in [5.74, 6) is 5.65. The second-order valence-electron chi connectivity index (χ2n) is 3.96. The Morgan fingerprint density at radius 2 is 2.25 bits per heavy atom. The molecule has 102 valence electrons. The first kappa shape index (κ1) is 14.6. The first-order valence-electron chi connectivity index (χ1n) is 6.00. The molecule has 0 aliphatic heterocycles. The molecule has 0 aliphatic rings. The van der Waals surface area contributed by atoms with Crippen LogP contribution in [0.25, 0.3) is 0 Å². The molecule has 2 rings (SSSR count). The Balaban J connectivity index is 2.02. The van der Waals surface area contributed by atoms with Gasteiger partial charge in [0.2, 0.25) is 0 Å². The third kappa shape index (κ3) is 3.84. The monoisotopic (exact) mass is 304 g/mol. The Bertz CT molecular complexity index is 670. The molecular weight excluding hydrogens is 292 g/mol. The molecule has 0 unspecified atom stereocenters. The zero-order valence-corrected chi connectivity index (χ0v) is 12.2. The molecule has 20 heavy (non-hydrogen) atoms. The number of halogens is 1. The average Bonchev–Trinajstić information content (AvgIpc) is 2.90. The van der Waals surface area contributed by atoms with E-state index in [1.165, 1.54) is 0 Å². The van der Waals surface area contributed by atoms with E-state index in [1.54, 1.807) is 35.6 Å². The largest absolute Gasteiger partial charge is 0.347 e. The zero-order valence-electron chi connectivity index (χ0n) is 10.7. The molecule has 0 bridgehead atoms. The number of hydrogen-bond donors (Lipinski definition) is 2. The fourth-order valence-electron chi connectivity index (χ4n) is 1.63. The third-order valence-electron chi connectivity index (χ3n) is 2.57. The summed E-state index contributed by atoms with van der Waals surface area (Å²) < 4.78 is 0. The molecule has 1 aromatic heterocycles. The van der Waals surface area contributed by atoms with Crippen LogP contribution < -0.4 is 11.1 Å². The molecule has 0 saturated carbocycles. The molecule has 0 spiro atoms. The lowest BCUT2D eigenvalue weighted by Crippen LogP contribution is -2.22. The number of carbonyl (C=O) groups is 1. The van der Waals surface area contributed by atoms with Crippen molar-refractivity contribution < 1.29 is 4.79 Å². The van der Waals surface area contributed by atoms with E-state index in [-0.39, 0.29) is 5.91 Å². The second kappa shape index (κ2) is 7.11. The molecule has 0 radical (unpaired) electrons. The van der Waals surface area contributed by atoms with Crippen molar-refractivity contribution in [3.63, 3.8) is 0 Å². The molecule has 1 amide bonds. The van der Waals surface area contributed by atoms with Crippen LogP contribution in [0, 0.1) is 11.8 Å². The summed E-state index contributed by atoms with van der Waals surface area (Å²) in [6.07, 6.45) is 0. The molecular formula is C15H13ClN2OS. The summed E-state index contributed by atoms with van der Waals surface area (Å²) >= 11 is 7.42. The minimum Gasteiger partial charge on any atom is -0.347 e. The summed E-state index contributed by atoms with van der Waals surface area (Å²) in [6.45, 7) is 0.766. The fourth-order valence-corrected chi connectivity index (χ4v) is 2.59. The van der Waals surface area contributed by atoms with Gasteiger partial charge in [0.15, 0.2) is 0 Å². The summed E-state index contributed by atoms with van der Waals surface area (Å²) in [7, 11) is 0. The highest BCUT2D eigenvalue weighted by molar-refractivity contribution is 7.10. The quantitative estimate of drug-likeness (QED) is 0.857. The van der Waals surface area contributed by atoms with Crippen LogP contribution in [0.4, 0.5) is 0 Å². The van der Waals surface area contributed by atoms with E-state index in [0.717, 1.165) is 10.4 Å². The number of nitrogens with one attached hydrogen (secondary N) is 1. The number of hydrogen-bond acceptors (Lipinski definition) is 3. The Morgan fingerprint density at radius 1 is 1.40 bits per heavy atom. The maximum atomic E-state index is 12.0. The molecule has 3 nitrogen and oxygen atoms in total. The van der Waals surface area contributed by atoms with Crippen LogP contribution >= 0.6 is 22.9 Å². The molecule has 0 aliphatic carbocycles. The topological polar surface area (TPSA) is 55.1 Å². The minimum absolute atomic E-state index is 0.154. The molecule has 2 aromatic rings. The first-order valence-corrected chi connectivity index (χ1v) is 7.25.